The van der Waals surface area contributed by atoms with Gasteiger partial charge in [-0.25, -0.2) is 4.98 Å². The van der Waals surface area contributed by atoms with E-state index < -0.39 is 11.9 Å². The van der Waals surface area contributed by atoms with E-state index in [0.29, 0.717) is 12.5 Å². The third kappa shape index (κ3) is 6.18. The summed E-state index contributed by atoms with van der Waals surface area (Å²) in [7, 11) is 0. The van der Waals surface area contributed by atoms with Gasteiger partial charge in [-0.2, -0.15) is 18.2 Å². The molecule has 0 aliphatic rings. The summed E-state index contributed by atoms with van der Waals surface area (Å²) >= 11 is 0. The lowest BCUT2D eigenvalue weighted by Crippen LogP contribution is -2.18. The van der Waals surface area contributed by atoms with Gasteiger partial charge in [0, 0.05) is 12.6 Å². The van der Waals surface area contributed by atoms with E-state index in [0.717, 1.165) is 18.9 Å². The molecule has 0 fully saturated rings. The van der Waals surface area contributed by atoms with Crippen molar-refractivity contribution in [2.75, 3.05) is 11.9 Å². The van der Waals surface area contributed by atoms with Gasteiger partial charge in [-0.1, -0.05) is 20.8 Å². The number of ether oxygens (including phenoxy) is 1. The molecule has 1 aromatic rings. The minimum absolute atomic E-state index is 0.0518. The van der Waals surface area contributed by atoms with Crippen LogP contribution in [0, 0.1) is 5.92 Å². The molecular formula is C14H22F3N3O. The van der Waals surface area contributed by atoms with Crippen LogP contribution < -0.4 is 10.1 Å². The first-order chi connectivity index (χ1) is 9.72. The first-order valence-corrected chi connectivity index (χ1v) is 7.09. The van der Waals surface area contributed by atoms with Crippen molar-refractivity contribution in [1.82, 2.24) is 9.97 Å². The largest absolute Gasteiger partial charge is 0.475 e. The van der Waals surface area contributed by atoms with Crippen molar-refractivity contribution in [3.8, 4) is 5.88 Å². The predicted molar refractivity (Wildman–Crippen MR) is 75.4 cm³/mol. The molecule has 7 heteroatoms. The van der Waals surface area contributed by atoms with E-state index in [-0.39, 0.29) is 17.9 Å². The van der Waals surface area contributed by atoms with Crippen LogP contribution in [0.2, 0.25) is 0 Å². The summed E-state index contributed by atoms with van der Waals surface area (Å²) in [6.45, 7) is 8.27. The molecule has 0 aliphatic heterocycles. The highest BCUT2D eigenvalue weighted by Crippen LogP contribution is 2.30. The van der Waals surface area contributed by atoms with Crippen LogP contribution in [-0.2, 0) is 6.18 Å². The zero-order valence-electron chi connectivity index (χ0n) is 12.8. The fraction of sp³-hybridized carbons (Fsp3) is 0.714. The van der Waals surface area contributed by atoms with Crippen LogP contribution in [-0.4, -0.2) is 22.6 Å². The first-order valence-electron chi connectivity index (χ1n) is 7.09. The number of rotatable bonds is 7. The standard InChI is InChI=1S/C14H22F3N3O/c1-5-6-18-13-19-11(14(15,16)17)8-12(20-13)21-10(4)7-9(2)3/h8-10H,5-7H2,1-4H3,(H,18,19,20). The summed E-state index contributed by atoms with van der Waals surface area (Å²) in [5.74, 6) is 0.282. The van der Waals surface area contributed by atoms with Gasteiger partial charge in [-0.15, -0.1) is 0 Å². The van der Waals surface area contributed by atoms with Crippen LogP contribution in [0.25, 0.3) is 0 Å². The smallest absolute Gasteiger partial charge is 0.433 e. The Labute approximate surface area is 123 Å². The lowest BCUT2D eigenvalue weighted by Gasteiger charge is -2.17. The summed E-state index contributed by atoms with van der Waals surface area (Å²) in [5.41, 5.74) is -0.997. The molecule has 120 valence electrons. The second-order valence-corrected chi connectivity index (χ2v) is 5.40. The molecule has 0 saturated carbocycles. The summed E-state index contributed by atoms with van der Waals surface area (Å²) in [5, 5.41) is 2.76. The minimum Gasteiger partial charge on any atom is -0.475 e. The van der Waals surface area contributed by atoms with E-state index in [2.05, 4.69) is 15.3 Å². The van der Waals surface area contributed by atoms with Crippen molar-refractivity contribution >= 4 is 5.95 Å². The van der Waals surface area contributed by atoms with Gasteiger partial charge in [0.05, 0.1) is 6.10 Å². The van der Waals surface area contributed by atoms with Gasteiger partial charge in [-0.3, -0.25) is 0 Å². The summed E-state index contributed by atoms with van der Waals surface area (Å²) in [4.78, 5) is 7.47. The zero-order chi connectivity index (χ0) is 16.0. The Morgan fingerprint density at radius 2 is 1.90 bits per heavy atom. The van der Waals surface area contributed by atoms with Gasteiger partial charge in [0.25, 0.3) is 0 Å². The van der Waals surface area contributed by atoms with E-state index in [4.69, 9.17) is 4.74 Å². The number of nitrogens with zero attached hydrogens (tertiary/aromatic N) is 2. The number of halogens is 3. The van der Waals surface area contributed by atoms with Gasteiger partial charge in [0.1, 0.15) is 0 Å². The fourth-order valence-electron chi connectivity index (χ4n) is 1.86. The van der Waals surface area contributed by atoms with Crippen LogP contribution in [0.4, 0.5) is 19.1 Å². The maximum absolute atomic E-state index is 12.8. The Morgan fingerprint density at radius 1 is 1.24 bits per heavy atom. The normalized spacial score (nSPS) is 13.3. The summed E-state index contributed by atoms with van der Waals surface area (Å²) in [6.07, 6.45) is -3.23. The Morgan fingerprint density at radius 3 is 2.43 bits per heavy atom. The SMILES string of the molecule is CCCNc1nc(OC(C)CC(C)C)cc(C(F)(F)F)n1. The molecule has 1 rings (SSSR count). The Bertz CT molecular complexity index is 450. The molecule has 0 spiro atoms. The second-order valence-electron chi connectivity index (χ2n) is 5.40. The molecule has 1 N–H and O–H groups in total. The Kier molecular flexibility index (Phi) is 6.23. The molecule has 1 atom stereocenters. The maximum atomic E-state index is 12.8. The molecule has 21 heavy (non-hydrogen) atoms. The van der Waals surface area contributed by atoms with Crippen molar-refractivity contribution in [3.63, 3.8) is 0 Å². The molecule has 0 aromatic carbocycles. The highest BCUT2D eigenvalue weighted by atomic mass is 19.4. The van der Waals surface area contributed by atoms with Gasteiger partial charge < -0.3 is 10.1 Å². The molecule has 4 nitrogen and oxygen atoms in total. The number of aromatic nitrogens is 2. The zero-order valence-corrected chi connectivity index (χ0v) is 12.8. The van der Waals surface area contributed by atoms with E-state index in [9.17, 15) is 13.2 Å². The van der Waals surface area contributed by atoms with Crippen molar-refractivity contribution in [2.45, 2.75) is 52.8 Å². The summed E-state index contributed by atoms with van der Waals surface area (Å²) < 4.78 is 44.0. The van der Waals surface area contributed by atoms with Crippen LogP contribution in [0.1, 0.15) is 46.2 Å². The first kappa shape index (κ1) is 17.5. The molecule has 1 heterocycles. The van der Waals surface area contributed by atoms with Crippen LogP contribution >= 0.6 is 0 Å². The second kappa shape index (κ2) is 7.47. The van der Waals surface area contributed by atoms with Gasteiger partial charge in [0.2, 0.25) is 11.8 Å². The highest BCUT2D eigenvalue weighted by molar-refractivity contribution is 5.32. The van der Waals surface area contributed by atoms with Crippen LogP contribution in [0.3, 0.4) is 0 Å². The average Bonchev–Trinajstić information content (AvgIpc) is 2.33. The van der Waals surface area contributed by atoms with Crippen molar-refractivity contribution in [1.29, 1.82) is 0 Å². The number of nitrogens with one attached hydrogen (secondary N) is 1. The Balaban J connectivity index is 2.95. The van der Waals surface area contributed by atoms with Gasteiger partial charge in [-0.05, 0) is 25.7 Å². The third-order valence-corrected chi connectivity index (χ3v) is 2.65. The Hall–Kier alpha value is -1.53. The van der Waals surface area contributed by atoms with E-state index >= 15 is 0 Å². The molecule has 0 radical (unpaired) electrons. The van der Waals surface area contributed by atoms with E-state index in [1.165, 1.54) is 0 Å². The number of anilines is 1. The third-order valence-electron chi connectivity index (χ3n) is 2.65. The van der Waals surface area contributed by atoms with Crippen molar-refractivity contribution in [3.05, 3.63) is 11.8 Å². The number of hydrogen-bond donors (Lipinski definition) is 1. The van der Waals surface area contributed by atoms with Gasteiger partial charge >= 0.3 is 6.18 Å². The average molecular weight is 305 g/mol. The van der Waals surface area contributed by atoms with Crippen LogP contribution in [0.15, 0.2) is 6.07 Å². The topological polar surface area (TPSA) is 47.0 Å². The van der Waals surface area contributed by atoms with Crippen molar-refractivity contribution < 1.29 is 17.9 Å². The predicted octanol–water partition coefficient (Wildman–Crippen LogP) is 4.13. The lowest BCUT2D eigenvalue weighted by atomic mass is 10.1. The molecule has 0 saturated heterocycles. The lowest BCUT2D eigenvalue weighted by molar-refractivity contribution is -0.141. The molecule has 0 amide bonds. The molecule has 0 aliphatic carbocycles. The van der Waals surface area contributed by atoms with E-state index in [1.807, 2.05) is 27.7 Å². The molecular weight excluding hydrogens is 283 g/mol. The molecule has 1 unspecified atom stereocenters. The number of hydrogen-bond acceptors (Lipinski definition) is 4. The molecule has 1 aromatic heterocycles. The molecule has 0 bridgehead atoms. The quantitative estimate of drug-likeness (QED) is 0.822. The fourth-order valence-corrected chi connectivity index (χ4v) is 1.86. The van der Waals surface area contributed by atoms with Gasteiger partial charge in [0.15, 0.2) is 5.69 Å². The highest BCUT2D eigenvalue weighted by Gasteiger charge is 2.34. The number of alkyl halides is 3. The summed E-state index contributed by atoms with van der Waals surface area (Å²) in [6, 6.07) is 0.841. The minimum atomic E-state index is -4.52. The van der Waals surface area contributed by atoms with Crippen LogP contribution in [0.5, 0.6) is 5.88 Å². The van der Waals surface area contributed by atoms with Crippen molar-refractivity contribution in [2.24, 2.45) is 5.92 Å². The monoisotopic (exact) mass is 305 g/mol. The maximum Gasteiger partial charge on any atom is 0.433 e. The van der Waals surface area contributed by atoms with E-state index in [1.54, 1.807) is 0 Å².